The minimum absolute atomic E-state index is 0.188. The van der Waals surface area contributed by atoms with Gasteiger partial charge in [0.15, 0.2) is 11.6 Å². The second kappa shape index (κ2) is 5.02. The van der Waals surface area contributed by atoms with E-state index in [2.05, 4.69) is 0 Å². The summed E-state index contributed by atoms with van der Waals surface area (Å²) in [4.78, 5) is 26.6. The zero-order chi connectivity index (χ0) is 15.0. The summed E-state index contributed by atoms with van der Waals surface area (Å²) in [5.41, 5.74) is 3.17. The van der Waals surface area contributed by atoms with Gasteiger partial charge in [-0.1, -0.05) is 36.4 Å². The summed E-state index contributed by atoms with van der Waals surface area (Å²) in [5, 5.41) is 0. The smallest absolute Gasteiger partial charge is 0.197 e. The summed E-state index contributed by atoms with van der Waals surface area (Å²) >= 11 is 0. The number of hydrogen-bond acceptors (Lipinski definition) is 3. The number of nitrogens with zero attached hydrogens (tertiary/aromatic N) is 1. The molecular weight excluding hydrogens is 262 g/mol. The standard InChI is InChI=1S/C18H15NO2/c1-19(2)13-9-7-12(8-10-13)11-16-17(20)14-5-3-4-6-15(14)18(16)21/h3-11H,1-2H3. The van der Waals surface area contributed by atoms with Crippen LogP contribution in [0.1, 0.15) is 26.3 Å². The summed E-state index contributed by atoms with van der Waals surface area (Å²) in [6.07, 6.45) is 1.67. The number of carbonyl (C=O) groups is 2. The molecular formula is C18H15NO2. The largest absolute Gasteiger partial charge is 0.378 e. The average Bonchev–Trinajstić information content (AvgIpc) is 2.73. The first-order valence-corrected chi connectivity index (χ1v) is 6.75. The van der Waals surface area contributed by atoms with Crippen LogP contribution < -0.4 is 4.90 Å². The SMILES string of the molecule is CN(C)c1ccc(C=C2C(=O)c3ccccc3C2=O)cc1. The Morgan fingerprint density at radius 2 is 1.33 bits per heavy atom. The van der Waals surface area contributed by atoms with E-state index in [0.717, 1.165) is 11.3 Å². The molecule has 21 heavy (non-hydrogen) atoms. The molecule has 3 rings (SSSR count). The van der Waals surface area contributed by atoms with Crippen LogP contribution >= 0.6 is 0 Å². The van der Waals surface area contributed by atoms with Crippen LogP contribution in [0.4, 0.5) is 5.69 Å². The second-order valence-electron chi connectivity index (χ2n) is 5.25. The Morgan fingerprint density at radius 1 is 0.810 bits per heavy atom. The lowest BCUT2D eigenvalue weighted by Gasteiger charge is -2.11. The van der Waals surface area contributed by atoms with Crippen LogP contribution in [0, 0.1) is 0 Å². The van der Waals surface area contributed by atoms with Crippen LogP contribution in [0.15, 0.2) is 54.1 Å². The molecule has 0 heterocycles. The highest BCUT2D eigenvalue weighted by molar-refractivity contribution is 6.41. The third kappa shape index (κ3) is 2.27. The Hall–Kier alpha value is -2.68. The number of rotatable bonds is 2. The van der Waals surface area contributed by atoms with E-state index in [1.807, 2.05) is 43.3 Å². The van der Waals surface area contributed by atoms with E-state index in [1.165, 1.54) is 0 Å². The van der Waals surface area contributed by atoms with Crippen molar-refractivity contribution in [3.63, 3.8) is 0 Å². The Balaban J connectivity index is 1.98. The summed E-state index contributed by atoms with van der Waals surface area (Å²) in [7, 11) is 3.93. The van der Waals surface area contributed by atoms with Gasteiger partial charge in [0.2, 0.25) is 0 Å². The van der Waals surface area contributed by atoms with E-state index in [9.17, 15) is 9.59 Å². The number of benzene rings is 2. The van der Waals surface area contributed by atoms with Gasteiger partial charge >= 0.3 is 0 Å². The van der Waals surface area contributed by atoms with Crippen molar-refractivity contribution in [2.75, 3.05) is 19.0 Å². The second-order valence-corrected chi connectivity index (χ2v) is 5.25. The van der Waals surface area contributed by atoms with Crippen LogP contribution in [0.2, 0.25) is 0 Å². The topological polar surface area (TPSA) is 37.4 Å². The molecule has 0 N–H and O–H groups in total. The highest BCUT2D eigenvalue weighted by atomic mass is 16.2. The molecule has 1 aliphatic rings. The molecule has 0 spiro atoms. The molecule has 2 aromatic rings. The van der Waals surface area contributed by atoms with Crippen molar-refractivity contribution < 1.29 is 9.59 Å². The van der Waals surface area contributed by atoms with E-state index < -0.39 is 0 Å². The van der Waals surface area contributed by atoms with Crippen molar-refractivity contribution in [2.24, 2.45) is 0 Å². The third-order valence-corrected chi connectivity index (χ3v) is 3.63. The molecule has 0 aliphatic heterocycles. The first-order chi connectivity index (χ1) is 10.1. The Morgan fingerprint density at radius 3 is 1.81 bits per heavy atom. The quantitative estimate of drug-likeness (QED) is 0.625. The first kappa shape index (κ1) is 13.3. The van der Waals surface area contributed by atoms with E-state index in [0.29, 0.717) is 11.1 Å². The molecule has 104 valence electrons. The summed E-state index contributed by atoms with van der Waals surface area (Å²) in [6, 6.07) is 14.7. The molecule has 0 atom stereocenters. The predicted molar refractivity (Wildman–Crippen MR) is 83.8 cm³/mol. The fourth-order valence-electron chi connectivity index (χ4n) is 2.44. The van der Waals surface area contributed by atoms with Crippen molar-refractivity contribution in [2.45, 2.75) is 0 Å². The maximum atomic E-state index is 12.3. The van der Waals surface area contributed by atoms with Crippen LogP contribution in [0.5, 0.6) is 0 Å². The molecule has 0 bridgehead atoms. The number of ketones is 2. The van der Waals surface area contributed by atoms with Gasteiger partial charge in [-0.3, -0.25) is 9.59 Å². The zero-order valence-corrected chi connectivity index (χ0v) is 12.0. The Bertz CT molecular complexity index is 718. The van der Waals surface area contributed by atoms with Gasteiger partial charge in [-0.25, -0.2) is 0 Å². The molecule has 0 fully saturated rings. The lowest BCUT2D eigenvalue weighted by atomic mass is 10.1. The normalized spacial score (nSPS) is 13.3. The number of allylic oxidation sites excluding steroid dienone is 1. The summed E-state index contributed by atoms with van der Waals surface area (Å²) in [5.74, 6) is -0.375. The molecule has 0 aromatic heterocycles. The number of carbonyl (C=O) groups excluding carboxylic acids is 2. The Kier molecular flexibility index (Phi) is 3.18. The van der Waals surface area contributed by atoms with Crippen LogP contribution in [-0.4, -0.2) is 25.7 Å². The molecule has 3 nitrogen and oxygen atoms in total. The molecule has 3 heteroatoms. The van der Waals surface area contributed by atoms with Crippen molar-refractivity contribution in [3.8, 4) is 0 Å². The van der Waals surface area contributed by atoms with Gasteiger partial charge in [-0.05, 0) is 23.8 Å². The highest BCUT2D eigenvalue weighted by Crippen LogP contribution is 2.27. The van der Waals surface area contributed by atoms with Gasteiger partial charge in [-0.15, -0.1) is 0 Å². The average molecular weight is 277 g/mol. The van der Waals surface area contributed by atoms with E-state index in [1.54, 1.807) is 30.3 Å². The highest BCUT2D eigenvalue weighted by Gasteiger charge is 2.32. The number of hydrogen-bond donors (Lipinski definition) is 0. The fraction of sp³-hybridized carbons (Fsp3) is 0.111. The molecule has 0 saturated carbocycles. The third-order valence-electron chi connectivity index (χ3n) is 3.63. The van der Waals surface area contributed by atoms with Gasteiger partial charge in [0, 0.05) is 30.9 Å². The zero-order valence-electron chi connectivity index (χ0n) is 12.0. The van der Waals surface area contributed by atoms with Crippen molar-refractivity contribution in [1.29, 1.82) is 0 Å². The van der Waals surface area contributed by atoms with E-state index >= 15 is 0 Å². The molecule has 2 aromatic carbocycles. The fourth-order valence-corrected chi connectivity index (χ4v) is 2.44. The van der Waals surface area contributed by atoms with Gasteiger partial charge in [0.05, 0.1) is 5.57 Å². The molecule has 0 amide bonds. The Labute approximate surface area is 123 Å². The van der Waals surface area contributed by atoms with Gasteiger partial charge in [-0.2, -0.15) is 0 Å². The monoisotopic (exact) mass is 277 g/mol. The van der Waals surface area contributed by atoms with Crippen LogP contribution in [0.3, 0.4) is 0 Å². The van der Waals surface area contributed by atoms with E-state index in [-0.39, 0.29) is 17.1 Å². The molecule has 0 unspecified atom stereocenters. The molecule has 1 aliphatic carbocycles. The first-order valence-electron chi connectivity index (χ1n) is 6.75. The van der Waals surface area contributed by atoms with Crippen LogP contribution in [0.25, 0.3) is 6.08 Å². The molecule has 0 saturated heterocycles. The number of anilines is 1. The van der Waals surface area contributed by atoms with Crippen molar-refractivity contribution in [3.05, 3.63) is 70.8 Å². The minimum Gasteiger partial charge on any atom is -0.378 e. The maximum absolute atomic E-state index is 12.3. The van der Waals surface area contributed by atoms with Crippen LogP contribution in [-0.2, 0) is 0 Å². The maximum Gasteiger partial charge on any atom is 0.197 e. The number of fused-ring (bicyclic) bond motifs is 1. The van der Waals surface area contributed by atoms with Gasteiger partial charge in [0.1, 0.15) is 0 Å². The summed E-state index contributed by atoms with van der Waals surface area (Å²) in [6.45, 7) is 0. The van der Waals surface area contributed by atoms with Gasteiger partial charge < -0.3 is 4.90 Å². The van der Waals surface area contributed by atoms with Gasteiger partial charge in [0.25, 0.3) is 0 Å². The minimum atomic E-state index is -0.188. The predicted octanol–water partition coefficient (Wildman–Crippen LogP) is 3.22. The lowest BCUT2D eigenvalue weighted by Crippen LogP contribution is -2.08. The molecule has 0 radical (unpaired) electrons. The van der Waals surface area contributed by atoms with Crippen molar-refractivity contribution in [1.82, 2.24) is 0 Å². The van der Waals surface area contributed by atoms with E-state index in [4.69, 9.17) is 0 Å². The van der Waals surface area contributed by atoms with Crippen molar-refractivity contribution >= 4 is 23.3 Å². The lowest BCUT2D eigenvalue weighted by molar-refractivity contribution is 0.0990. The number of Topliss-reactive ketones (excluding diaryl/α,β-unsaturated/α-hetero) is 2. The summed E-state index contributed by atoms with van der Waals surface area (Å²) < 4.78 is 0.